The Hall–Kier alpha value is -1.37. The van der Waals surface area contributed by atoms with E-state index in [2.05, 4.69) is 22.0 Å². The van der Waals surface area contributed by atoms with Gasteiger partial charge >= 0.3 is 0 Å². The summed E-state index contributed by atoms with van der Waals surface area (Å²) < 4.78 is 19.7. The second-order valence-corrected chi connectivity index (χ2v) is 7.97. The Morgan fingerprint density at radius 2 is 2.15 bits per heavy atom. The van der Waals surface area contributed by atoms with Gasteiger partial charge in [0.2, 0.25) is 0 Å². The van der Waals surface area contributed by atoms with E-state index in [-0.39, 0.29) is 17.8 Å². The molecule has 3 fully saturated rings. The monoisotopic (exact) mass is 394 g/mol. The third-order valence-corrected chi connectivity index (χ3v) is 6.14. The van der Waals surface area contributed by atoms with E-state index in [1.54, 1.807) is 12.1 Å². The highest BCUT2D eigenvalue weighted by Crippen LogP contribution is 2.45. The predicted molar refractivity (Wildman–Crippen MR) is 106 cm³/mol. The lowest BCUT2D eigenvalue weighted by atomic mass is 10.1. The Labute approximate surface area is 165 Å². The second kappa shape index (κ2) is 8.33. The van der Waals surface area contributed by atoms with E-state index >= 15 is 0 Å². The van der Waals surface area contributed by atoms with Crippen molar-refractivity contribution in [3.8, 4) is 0 Å². The number of rotatable bonds is 4. The van der Waals surface area contributed by atoms with Crippen molar-refractivity contribution in [3.63, 3.8) is 0 Å². The Kier molecular flexibility index (Phi) is 5.85. The fourth-order valence-electron chi connectivity index (χ4n) is 4.27. The fourth-order valence-corrected chi connectivity index (χ4v) is 4.57. The summed E-state index contributed by atoms with van der Waals surface area (Å²) >= 11 is 6.24. The minimum Gasteiger partial charge on any atom is -0.379 e. The number of aliphatic imine (C=N–C) groups is 1. The number of nitrogens with one attached hydrogen (secondary N) is 1. The number of likely N-dealkylation sites (tertiary alicyclic amines) is 1. The van der Waals surface area contributed by atoms with Gasteiger partial charge in [0.05, 0.1) is 13.2 Å². The highest BCUT2D eigenvalue weighted by molar-refractivity contribution is 6.31. The molecule has 3 unspecified atom stereocenters. The molecule has 3 aliphatic rings. The number of morpholine rings is 1. The molecule has 7 heteroatoms. The van der Waals surface area contributed by atoms with Crippen LogP contribution in [0, 0.1) is 5.82 Å². The predicted octanol–water partition coefficient (Wildman–Crippen LogP) is 2.71. The maximum absolute atomic E-state index is 14.2. The van der Waals surface area contributed by atoms with Gasteiger partial charge in [0.1, 0.15) is 5.82 Å². The molecule has 148 valence electrons. The van der Waals surface area contributed by atoms with Crippen LogP contribution < -0.4 is 5.32 Å². The number of hydrogen-bond acceptors (Lipinski definition) is 3. The number of benzene rings is 1. The summed E-state index contributed by atoms with van der Waals surface area (Å²) in [6.07, 6.45) is 2.04. The van der Waals surface area contributed by atoms with Gasteiger partial charge in [0.15, 0.2) is 5.96 Å². The van der Waals surface area contributed by atoms with Crippen molar-refractivity contribution in [2.75, 3.05) is 45.9 Å². The molecule has 2 aliphatic heterocycles. The van der Waals surface area contributed by atoms with Crippen molar-refractivity contribution in [2.45, 2.75) is 37.8 Å². The van der Waals surface area contributed by atoms with Crippen molar-refractivity contribution in [2.24, 2.45) is 4.99 Å². The first-order valence-electron chi connectivity index (χ1n) is 9.99. The summed E-state index contributed by atoms with van der Waals surface area (Å²) in [5, 5.41) is 4.09. The van der Waals surface area contributed by atoms with Crippen LogP contribution in [0.5, 0.6) is 0 Å². The average Bonchev–Trinajstić information content (AvgIpc) is 3.23. The molecule has 5 nitrogen and oxygen atoms in total. The lowest BCUT2D eigenvalue weighted by molar-refractivity contribution is 0.0195. The van der Waals surface area contributed by atoms with Gasteiger partial charge in [-0.15, -0.1) is 0 Å². The van der Waals surface area contributed by atoms with Crippen LogP contribution in [0.25, 0.3) is 0 Å². The molecular formula is C20H28ClFN4O. The number of guanidine groups is 1. The summed E-state index contributed by atoms with van der Waals surface area (Å²) in [6, 6.07) is 5.68. The molecule has 0 radical (unpaired) electrons. The molecule has 0 bridgehead atoms. The molecule has 4 rings (SSSR count). The number of ether oxygens (including phenoxy) is 1. The van der Waals surface area contributed by atoms with Crippen LogP contribution in [0.4, 0.5) is 4.39 Å². The number of nitrogens with zero attached hydrogens (tertiary/aromatic N) is 3. The van der Waals surface area contributed by atoms with Crippen molar-refractivity contribution < 1.29 is 9.13 Å². The Morgan fingerprint density at radius 1 is 1.33 bits per heavy atom. The van der Waals surface area contributed by atoms with E-state index in [1.165, 1.54) is 6.07 Å². The third-order valence-electron chi connectivity index (χ3n) is 5.81. The first kappa shape index (κ1) is 19.0. The highest BCUT2D eigenvalue weighted by Gasteiger charge is 2.43. The normalized spacial score (nSPS) is 29.2. The summed E-state index contributed by atoms with van der Waals surface area (Å²) in [5.41, 5.74) is 0.639. The van der Waals surface area contributed by atoms with Crippen LogP contribution >= 0.6 is 11.6 Å². The first-order valence-corrected chi connectivity index (χ1v) is 10.4. The molecule has 3 atom stereocenters. The third kappa shape index (κ3) is 4.23. The van der Waals surface area contributed by atoms with Crippen LogP contribution in [-0.4, -0.2) is 73.8 Å². The van der Waals surface area contributed by atoms with Crippen molar-refractivity contribution in [1.29, 1.82) is 0 Å². The minimum absolute atomic E-state index is 0.124. The largest absolute Gasteiger partial charge is 0.379 e. The zero-order valence-electron chi connectivity index (χ0n) is 15.8. The van der Waals surface area contributed by atoms with Gasteiger partial charge in [-0.3, -0.25) is 9.89 Å². The summed E-state index contributed by atoms with van der Waals surface area (Å²) in [7, 11) is 0. The highest BCUT2D eigenvalue weighted by atomic mass is 35.5. The van der Waals surface area contributed by atoms with Gasteiger partial charge in [0.25, 0.3) is 0 Å². The lowest BCUT2D eigenvalue weighted by Gasteiger charge is -2.32. The van der Waals surface area contributed by atoms with E-state index in [9.17, 15) is 4.39 Å². The molecule has 0 aromatic heterocycles. The standard InChI is InChI=1S/C20H28ClFN4O/c1-2-23-20(26-7-6-14(13-26)25-8-10-27-11-9-25)24-18-12-15(18)19-16(21)4-3-5-17(19)22/h3-5,14-15,18H,2,6-13H2,1H3,(H,23,24). The van der Waals surface area contributed by atoms with E-state index in [0.29, 0.717) is 16.6 Å². The topological polar surface area (TPSA) is 40.1 Å². The molecule has 1 saturated carbocycles. The number of halogens is 2. The zero-order chi connectivity index (χ0) is 18.8. The van der Waals surface area contributed by atoms with Crippen molar-refractivity contribution >= 4 is 17.6 Å². The van der Waals surface area contributed by atoms with Crippen molar-refractivity contribution in [1.82, 2.24) is 15.1 Å². The van der Waals surface area contributed by atoms with Gasteiger partial charge in [-0.2, -0.15) is 0 Å². The Morgan fingerprint density at radius 3 is 2.89 bits per heavy atom. The quantitative estimate of drug-likeness (QED) is 0.629. The van der Waals surface area contributed by atoms with E-state index in [1.807, 2.05) is 0 Å². The fraction of sp³-hybridized carbons (Fsp3) is 0.650. The second-order valence-electron chi connectivity index (χ2n) is 7.56. The van der Waals surface area contributed by atoms with Gasteiger partial charge < -0.3 is 15.0 Å². The molecule has 27 heavy (non-hydrogen) atoms. The van der Waals surface area contributed by atoms with Gasteiger partial charge in [-0.1, -0.05) is 17.7 Å². The molecule has 1 N–H and O–H groups in total. The van der Waals surface area contributed by atoms with Crippen LogP contribution in [0.1, 0.15) is 31.2 Å². The average molecular weight is 395 g/mol. The van der Waals surface area contributed by atoms with Gasteiger partial charge in [0, 0.05) is 61.3 Å². The molecule has 2 heterocycles. The lowest BCUT2D eigenvalue weighted by Crippen LogP contribution is -2.47. The Bertz CT molecular complexity index is 674. The van der Waals surface area contributed by atoms with E-state index in [4.69, 9.17) is 21.3 Å². The van der Waals surface area contributed by atoms with Gasteiger partial charge in [-0.25, -0.2) is 4.39 Å². The summed E-state index contributed by atoms with van der Waals surface area (Å²) in [4.78, 5) is 9.58. The maximum Gasteiger partial charge on any atom is 0.194 e. The van der Waals surface area contributed by atoms with Crippen LogP contribution in [0.15, 0.2) is 23.2 Å². The minimum atomic E-state index is -0.209. The molecule has 1 aromatic carbocycles. The molecular weight excluding hydrogens is 367 g/mol. The Balaban J connectivity index is 1.38. The van der Waals surface area contributed by atoms with E-state index < -0.39 is 0 Å². The maximum atomic E-state index is 14.2. The molecule has 1 aliphatic carbocycles. The molecule has 0 amide bonds. The molecule has 1 aromatic rings. The SMILES string of the molecule is CCN=C(NC1CC1c1c(F)cccc1Cl)N1CCC(N2CCOCC2)C1. The summed E-state index contributed by atoms with van der Waals surface area (Å²) in [6.45, 7) is 8.48. The van der Waals surface area contributed by atoms with E-state index in [0.717, 1.165) is 64.7 Å². The van der Waals surface area contributed by atoms with Crippen LogP contribution in [0.3, 0.4) is 0 Å². The van der Waals surface area contributed by atoms with Crippen LogP contribution in [0.2, 0.25) is 5.02 Å². The van der Waals surface area contributed by atoms with Crippen LogP contribution in [-0.2, 0) is 4.74 Å². The first-order chi connectivity index (χ1) is 13.2. The van der Waals surface area contributed by atoms with Gasteiger partial charge in [-0.05, 0) is 31.9 Å². The molecule has 2 saturated heterocycles. The summed E-state index contributed by atoms with van der Waals surface area (Å²) in [5.74, 6) is 0.867. The number of hydrogen-bond donors (Lipinski definition) is 1. The zero-order valence-corrected chi connectivity index (χ0v) is 16.6. The molecule has 0 spiro atoms. The smallest absolute Gasteiger partial charge is 0.194 e. The van der Waals surface area contributed by atoms with Crippen molar-refractivity contribution in [3.05, 3.63) is 34.6 Å².